The summed E-state index contributed by atoms with van der Waals surface area (Å²) in [6.45, 7) is 6.36. The number of carbonyl (C=O) groups excluding carboxylic acids is 1. The van der Waals surface area contributed by atoms with Crippen molar-refractivity contribution in [2.45, 2.75) is 39.0 Å². The minimum absolute atomic E-state index is 0.0900. The van der Waals surface area contributed by atoms with Crippen LogP contribution < -0.4 is 5.32 Å². The maximum absolute atomic E-state index is 13.1. The summed E-state index contributed by atoms with van der Waals surface area (Å²) in [6, 6.07) is 4.20. The van der Waals surface area contributed by atoms with E-state index in [4.69, 9.17) is 11.6 Å². The Morgan fingerprint density at radius 2 is 2.00 bits per heavy atom. The van der Waals surface area contributed by atoms with Crippen LogP contribution in [0.1, 0.15) is 42.6 Å². The van der Waals surface area contributed by atoms with Crippen LogP contribution in [0.25, 0.3) is 0 Å². The fraction of sp³-hybridized carbons (Fsp3) is 0.533. The van der Waals surface area contributed by atoms with Gasteiger partial charge in [-0.2, -0.15) is 0 Å². The van der Waals surface area contributed by atoms with E-state index in [0.29, 0.717) is 18.0 Å². The zero-order valence-corrected chi connectivity index (χ0v) is 12.4. The van der Waals surface area contributed by atoms with E-state index in [1.807, 2.05) is 0 Å². The number of hydrogen-bond donors (Lipinski definition) is 1. The summed E-state index contributed by atoms with van der Waals surface area (Å²) >= 11 is 6.26. The normalized spacial score (nSPS) is 12.5. The molecular formula is C15H21ClFNO. The Labute approximate surface area is 119 Å². The van der Waals surface area contributed by atoms with Crippen LogP contribution in [0.4, 0.5) is 4.39 Å². The van der Waals surface area contributed by atoms with E-state index >= 15 is 0 Å². The Morgan fingerprint density at radius 3 is 2.58 bits per heavy atom. The molecular weight excluding hydrogens is 265 g/mol. The lowest BCUT2D eigenvalue weighted by atomic mass is 9.99. The smallest absolute Gasteiger partial charge is 0.251 e. The van der Waals surface area contributed by atoms with Crippen molar-refractivity contribution in [3.8, 4) is 0 Å². The van der Waals surface area contributed by atoms with Crippen LogP contribution in [0.15, 0.2) is 18.2 Å². The third kappa shape index (κ3) is 4.50. The van der Waals surface area contributed by atoms with E-state index in [2.05, 4.69) is 19.2 Å². The van der Waals surface area contributed by atoms with E-state index in [1.165, 1.54) is 12.1 Å². The third-order valence-electron chi connectivity index (χ3n) is 3.46. The highest BCUT2D eigenvalue weighted by molar-refractivity contribution is 6.21. The van der Waals surface area contributed by atoms with E-state index in [-0.39, 0.29) is 11.3 Å². The van der Waals surface area contributed by atoms with Gasteiger partial charge in [-0.1, -0.05) is 32.8 Å². The highest BCUT2D eigenvalue weighted by Gasteiger charge is 2.17. The molecule has 0 saturated carbocycles. The molecule has 1 N–H and O–H groups in total. The van der Waals surface area contributed by atoms with Gasteiger partial charge < -0.3 is 5.32 Å². The van der Waals surface area contributed by atoms with Gasteiger partial charge in [0.15, 0.2) is 0 Å². The van der Waals surface area contributed by atoms with Crippen molar-refractivity contribution < 1.29 is 9.18 Å². The largest absolute Gasteiger partial charge is 0.351 e. The second kappa shape index (κ2) is 7.49. The predicted octanol–water partition coefficient (Wildman–Crippen LogP) is 3.91. The zero-order chi connectivity index (χ0) is 14.4. The van der Waals surface area contributed by atoms with Crippen LogP contribution in [0.5, 0.6) is 0 Å². The van der Waals surface area contributed by atoms with Gasteiger partial charge in [-0.25, -0.2) is 4.39 Å². The Morgan fingerprint density at radius 1 is 1.37 bits per heavy atom. The molecule has 1 aromatic carbocycles. The molecule has 1 aromatic rings. The first-order valence-corrected chi connectivity index (χ1v) is 7.11. The molecule has 4 heteroatoms. The Bertz CT molecular complexity index is 432. The van der Waals surface area contributed by atoms with Crippen LogP contribution in [-0.2, 0) is 0 Å². The Balaban J connectivity index is 2.63. The van der Waals surface area contributed by atoms with Crippen LogP contribution in [-0.4, -0.2) is 17.8 Å². The topological polar surface area (TPSA) is 29.1 Å². The average molecular weight is 286 g/mol. The van der Waals surface area contributed by atoms with Gasteiger partial charge in [0, 0.05) is 12.1 Å². The number of rotatable bonds is 6. The number of hydrogen-bond acceptors (Lipinski definition) is 1. The molecule has 106 valence electrons. The second-order valence-corrected chi connectivity index (χ2v) is 5.32. The molecule has 2 nitrogen and oxygen atoms in total. The third-order valence-corrected chi connectivity index (χ3v) is 3.97. The monoisotopic (exact) mass is 285 g/mol. The number of carbonyl (C=O) groups is 1. The number of aryl methyl sites for hydroxylation is 1. The van der Waals surface area contributed by atoms with Gasteiger partial charge in [-0.15, -0.1) is 11.6 Å². The molecule has 1 atom stereocenters. The molecule has 0 heterocycles. The lowest BCUT2D eigenvalue weighted by molar-refractivity contribution is 0.0950. The maximum atomic E-state index is 13.1. The van der Waals surface area contributed by atoms with Crippen molar-refractivity contribution in [3.05, 3.63) is 35.1 Å². The number of halogens is 2. The van der Waals surface area contributed by atoms with Gasteiger partial charge >= 0.3 is 0 Å². The number of benzene rings is 1. The Hall–Kier alpha value is -1.09. The summed E-state index contributed by atoms with van der Waals surface area (Å²) < 4.78 is 13.1. The zero-order valence-electron chi connectivity index (χ0n) is 11.7. The fourth-order valence-electron chi connectivity index (χ4n) is 2.09. The molecule has 1 unspecified atom stereocenters. The molecule has 0 aliphatic rings. The number of nitrogens with one attached hydrogen (secondary N) is 1. The van der Waals surface area contributed by atoms with E-state index in [9.17, 15) is 9.18 Å². The second-order valence-electron chi connectivity index (χ2n) is 4.76. The summed E-state index contributed by atoms with van der Waals surface area (Å²) in [4.78, 5) is 12.0. The summed E-state index contributed by atoms with van der Waals surface area (Å²) in [6.07, 6.45) is 1.97. The van der Waals surface area contributed by atoms with Crippen molar-refractivity contribution in [2.75, 3.05) is 6.54 Å². The molecule has 1 amide bonds. The molecule has 0 aromatic heterocycles. The number of alkyl halides is 1. The molecule has 0 aliphatic heterocycles. The lowest BCUT2D eigenvalue weighted by Crippen LogP contribution is -2.33. The van der Waals surface area contributed by atoms with E-state index in [0.717, 1.165) is 18.4 Å². The first-order chi connectivity index (χ1) is 8.99. The van der Waals surface area contributed by atoms with Crippen molar-refractivity contribution >= 4 is 17.5 Å². The first-order valence-electron chi connectivity index (χ1n) is 6.68. The highest BCUT2D eigenvalue weighted by Crippen LogP contribution is 2.18. The highest BCUT2D eigenvalue weighted by atomic mass is 35.5. The molecule has 19 heavy (non-hydrogen) atoms. The average Bonchev–Trinajstić information content (AvgIpc) is 2.40. The molecule has 0 bridgehead atoms. The molecule has 0 spiro atoms. The quantitative estimate of drug-likeness (QED) is 0.789. The molecule has 0 fully saturated rings. The van der Waals surface area contributed by atoms with Gasteiger partial charge in [0.2, 0.25) is 0 Å². The Kier molecular flexibility index (Phi) is 6.29. The molecule has 1 rings (SSSR count). The van der Waals surface area contributed by atoms with Crippen LogP contribution in [0.3, 0.4) is 0 Å². The molecule has 0 aliphatic carbocycles. The van der Waals surface area contributed by atoms with Gasteiger partial charge in [-0.3, -0.25) is 4.79 Å². The van der Waals surface area contributed by atoms with E-state index in [1.54, 1.807) is 13.0 Å². The van der Waals surface area contributed by atoms with Crippen molar-refractivity contribution in [1.29, 1.82) is 0 Å². The van der Waals surface area contributed by atoms with Crippen LogP contribution in [0.2, 0.25) is 0 Å². The van der Waals surface area contributed by atoms with Crippen molar-refractivity contribution in [3.63, 3.8) is 0 Å². The van der Waals surface area contributed by atoms with Gasteiger partial charge in [-0.05, 0) is 30.5 Å². The minimum Gasteiger partial charge on any atom is -0.351 e. The van der Waals surface area contributed by atoms with Crippen LogP contribution in [0, 0.1) is 18.7 Å². The minimum atomic E-state index is -0.404. The fourth-order valence-corrected chi connectivity index (χ4v) is 2.52. The van der Waals surface area contributed by atoms with Crippen molar-refractivity contribution in [2.24, 2.45) is 5.92 Å². The van der Waals surface area contributed by atoms with Gasteiger partial charge in [0.25, 0.3) is 5.91 Å². The number of amides is 1. The summed E-state index contributed by atoms with van der Waals surface area (Å²) in [5.74, 6) is -0.289. The SMILES string of the molecule is CCC(CC)C(Cl)CNC(=O)c1cc(F)ccc1C. The summed E-state index contributed by atoms with van der Waals surface area (Å²) in [5, 5.41) is 2.69. The molecule has 0 saturated heterocycles. The predicted molar refractivity (Wildman–Crippen MR) is 77.2 cm³/mol. The summed E-state index contributed by atoms with van der Waals surface area (Å²) in [7, 11) is 0. The lowest BCUT2D eigenvalue weighted by Gasteiger charge is -2.19. The standard InChI is InChI=1S/C15H21ClFNO/c1-4-11(5-2)14(16)9-18-15(19)13-8-12(17)7-6-10(13)3/h6-8,11,14H,4-5,9H2,1-3H3,(H,18,19). The molecule has 0 radical (unpaired) electrons. The maximum Gasteiger partial charge on any atom is 0.251 e. The van der Waals surface area contributed by atoms with Gasteiger partial charge in [0.1, 0.15) is 5.82 Å². The van der Waals surface area contributed by atoms with E-state index < -0.39 is 5.82 Å². The van der Waals surface area contributed by atoms with Crippen LogP contribution >= 0.6 is 11.6 Å². The van der Waals surface area contributed by atoms with Gasteiger partial charge in [0.05, 0.1) is 5.38 Å². The first kappa shape index (κ1) is 16.0. The summed E-state index contributed by atoms with van der Waals surface area (Å²) in [5.41, 5.74) is 1.13. The van der Waals surface area contributed by atoms with Crippen molar-refractivity contribution in [1.82, 2.24) is 5.32 Å².